The van der Waals surface area contributed by atoms with Gasteiger partial charge in [0.25, 0.3) is 0 Å². The monoisotopic (exact) mass is 296 g/mol. The van der Waals surface area contributed by atoms with Crippen molar-refractivity contribution in [2.24, 2.45) is 0 Å². The van der Waals surface area contributed by atoms with Gasteiger partial charge >= 0.3 is 5.97 Å². The van der Waals surface area contributed by atoms with Crippen molar-refractivity contribution in [1.82, 2.24) is 0 Å². The predicted molar refractivity (Wildman–Crippen MR) is 73.4 cm³/mol. The van der Waals surface area contributed by atoms with E-state index in [1.54, 1.807) is 0 Å². The number of ether oxygens (including phenoxy) is 4. The number of aliphatic hydroxyl groups excluding tert-OH is 1. The molecule has 6 nitrogen and oxygen atoms in total. The van der Waals surface area contributed by atoms with Crippen molar-refractivity contribution >= 4 is 5.97 Å². The lowest BCUT2D eigenvalue weighted by Crippen LogP contribution is -2.52. The minimum atomic E-state index is -1.54. The Balaban J connectivity index is 2.02. The molecule has 0 saturated carbocycles. The zero-order chi connectivity index (χ0) is 15.3. The molecule has 1 heterocycles. The maximum atomic E-state index is 12.0. The Morgan fingerprint density at radius 3 is 2.67 bits per heavy atom. The van der Waals surface area contributed by atoms with Gasteiger partial charge in [0.1, 0.15) is 6.10 Å². The first kappa shape index (κ1) is 15.9. The lowest BCUT2D eigenvalue weighted by Gasteiger charge is -2.28. The van der Waals surface area contributed by atoms with E-state index >= 15 is 0 Å². The van der Waals surface area contributed by atoms with Gasteiger partial charge in [-0.2, -0.15) is 0 Å². The molecule has 0 bridgehead atoms. The Kier molecular flexibility index (Phi) is 5.30. The summed E-state index contributed by atoms with van der Waals surface area (Å²) in [5, 5.41) is 10.2. The van der Waals surface area contributed by atoms with Crippen LogP contribution in [0.4, 0.5) is 0 Å². The first-order chi connectivity index (χ1) is 10.1. The zero-order valence-electron chi connectivity index (χ0n) is 12.2. The first-order valence-electron chi connectivity index (χ1n) is 6.71. The predicted octanol–water partition coefficient (Wildman–Crippen LogP) is 0.869. The molecule has 116 valence electrons. The summed E-state index contributed by atoms with van der Waals surface area (Å²) in [5.74, 6) is -0.664. The van der Waals surface area contributed by atoms with E-state index in [-0.39, 0.29) is 13.0 Å². The molecule has 1 unspecified atom stereocenters. The van der Waals surface area contributed by atoms with Gasteiger partial charge in [0.2, 0.25) is 5.60 Å². The van der Waals surface area contributed by atoms with Crippen LogP contribution in [-0.2, 0) is 30.3 Å². The highest BCUT2D eigenvalue weighted by Crippen LogP contribution is 2.33. The Bertz CT molecular complexity index is 462. The minimum absolute atomic E-state index is 0.102. The van der Waals surface area contributed by atoms with Crippen molar-refractivity contribution in [3.63, 3.8) is 0 Å². The van der Waals surface area contributed by atoms with Crippen molar-refractivity contribution in [1.29, 1.82) is 0 Å². The van der Waals surface area contributed by atoms with Gasteiger partial charge in [0.05, 0.1) is 20.3 Å². The average molecular weight is 296 g/mol. The van der Waals surface area contributed by atoms with E-state index in [0.29, 0.717) is 6.61 Å². The molecular weight excluding hydrogens is 276 g/mol. The van der Waals surface area contributed by atoms with E-state index in [1.807, 2.05) is 30.3 Å². The second-order valence-electron chi connectivity index (χ2n) is 4.89. The van der Waals surface area contributed by atoms with Crippen LogP contribution in [0.5, 0.6) is 0 Å². The summed E-state index contributed by atoms with van der Waals surface area (Å²) in [6.45, 7) is 0.211. The highest BCUT2D eigenvalue weighted by molar-refractivity contribution is 5.81. The molecular formula is C15H20O6. The molecule has 1 fully saturated rings. The molecule has 1 aromatic rings. The molecule has 1 aliphatic heterocycles. The van der Waals surface area contributed by atoms with Crippen molar-refractivity contribution in [2.75, 3.05) is 20.8 Å². The van der Waals surface area contributed by atoms with Crippen molar-refractivity contribution in [3.05, 3.63) is 35.9 Å². The standard InChI is InChI=1S/C15H20O6/c1-18-13-8-12(16)15(21-13,14(17)19-2)10-20-9-11-6-4-3-5-7-11/h3-7,12-13,16H,8-10H2,1-2H3/t12-,13?,15+/m0/s1. The van der Waals surface area contributed by atoms with E-state index in [9.17, 15) is 9.90 Å². The molecule has 0 radical (unpaired) electrons. The van der Waals surface area contributed by atoms with Crippen LogP contribution in [0.15, 0.2) is 30.3 Å². The maximum Gasteiger partial charge on any atom is 0.343 e. The summed E-state index contributed by atoms with van der Waals surface area (Å²) in [4.78, 5) is 12.0. The molecule has 0 spiro atoms. The molecule has 2 rings (SSSR count). The fraction of sp³-hybridized carbons (Fsp3) is 0.533. The van der Waals surface area contributed by atoms with Crippen molar-refractivity contribution < 1.29 is 28.8 Å². The van der Waals surface area contributed by atoms with Crippen LogP contribution >= 0.6 is 0 Å². The molecule has 1 aromatic carbocycles. The highest BCUT2D eigenvalue weighted by atomic mass is 16.7. The number of carbonyl (C=O) groups excluding carboxylic acids is 1. The fourth-order valence-electron chi connectivity index (χ4n) is 2.32. The summed E-state index contributed by atoms with van der Waals surface area (Å²) >= 11 is 0. The van der Waals surface area contributed by atoms with Gasteiger partial charge in [-0.15, -0.1) is 0 Å². The Labute approximate surface area is 123 Å². The number of rotatable bonds is 6. The topological polar surface area (TPSA) is 74.2 Å². The normalized spacial score (nSPS) is 28.5. The summed E-state index contributed by atoms with van der Waals surface area (Å²) in [6.07, 6.45) is -1.49. The number of aliphatic hydroxyl groups is 1. The van der Waals surface area contributed by atoms with Crippen LogP contribution in [0.1, 0.15) is 12.0 Å². The minimum Gasteiger partial charge on any atom is -0.467 e. The second-order valence-corrected chi connectivity index (χ2v) is 4.89. The van der Waals surface area contributed by atoms with E-state index in [2.05, 4.69) is 0 Å². The lowest BCUT2D eigenvalue weighted by molar-refractivity contribution is -0.209. The maximum absolute atomic E-state index is 12.0. The van der Waals surface area contributed by atoms with Gasteiger partial charge in [0.15, 0.2) is 6.29 Å². The summed E-state index contributed by atoms with van der Waals surface area (Å²) in [6, 6.07) is 9.53. The van der Waals surface area contributed by atoms with Crippen LogP contribution in [0.25, 0.3) is 0 Å². The van der Waals surface area contributed by atoms with E-state index in [1.165, 1.54) is 14.2 Å². The van der Waals surface area contributed by atoms with Gasteiger partial charge in [-0.25, -0.2) is 4.79 Å². The van der Waals surface area contributed by atoms with Gasteiger partial charge in [-0.3, -0.25) is 0 Å². The smallest absolute Gasteiger partial charge is 0.343 e. The van der Waals surface area contributed by atoms with Crippen LogP contribution in [0.3, 0.4) is 0 Å². The van der Waals surface area contributed by atoms with Crippen LogP contribution < -0.4 is 0 Å². The largest absolute Gasteiger partial charge is 0.467 e. The Morgan fingerprint density at radius 1 is 1.38 bits per heavy atom. The Morgan fingerprint density at radius 2 is 2.10 bits per heavy atom. The molecule has 21 heavy (non-hydrogen) atoms. The average Bonchev–Trinajstić information content (AvgIpc) is 2.85. The third-order valence-electron chi connectivity index (χ3n) is 3.52. The number of esters is 1. The third kappa shape index (κ3) is 3.41. The van der Waals surface area contributed by atoms with Crippen LogP contribution in [-0.4, -0.2) is 49.9 Å². The molecule has 0 aromatic heterocycles. The van der Waals surface area contributed by atoms with Crippen molar-refractivity contribution in [2.45, 2.75) is 31.0 Å². The SMILES string of the molecule is COC(=O)[C@]1(COCc2ccccc2)OC(OC)C[C@@H]1O. The number of hydrogen-bond acceptors (Lipinski definition) is 6. The van der Waals surface area contributed by atoms with Crippen LogP contribution in [0.2, 0.25) is 0 Å². The fourth-order valence-corrected chi connectivity index (χ4v) is 2.32. The van der Waals surface area contributed by atoms with Gasteiger partial charge in [-0.05, 0) is 5.56 Å². The molecule has 3 atom stereocenters. The Hall–Kier alpha value is -1.47. The van der Waals surface area contributed by atoms with E-state index < -0.39 is 24.0 Å². The number of benzene rings is 1. The molecule has 1 aliphatic rings. The molecule has 0 amide bonds. The molecule has 0 aliphatic carbocycles. The summed E-state index contributed by atoms with van der Waals surface area (Å²) < 4.78 is 20.9. The molecule has 1 saturated heterocycles. The second kappa shape index (κ2) is 7.00. The molecule has 6 heteroatoms. The van der Waals surface area contributed by atoms with E-state index in [0.717, 1.165) is 5.56 Å². The van der Waals surface area contributed by atoms with Gasteiger partial charge in [-0.1, -0.05) is 30.3 Å². The molecule has 1 N–H and O–H groups in total. The van der Waals surface area contributed by atoms with Crippen molar-refractivity contribution in [3.8, 4) is 0 Å². The first-order valence-corrected chi connectivity index (χ1v) is 6.71. The zero-order valence-corrected chi connectivity index (χ0v) is 12.2. The summed E-state index contributed by atoms with van der Waals surface area (Å²) in [5.41, 5.74) is -0.571. The summed E-state index contributed by atoms with van der Waals surface area (Å²) in [7, 11) is 2.70. The van der Waals surface area contributed by atoms with Gasteiger partial charge in [0, 0.05) is 13.5 Å². The number of hydrogen-bond donors (Lipinski definition) is 1. The van der Waals surface area contributed by atoms with Gasteiger partial charge < -0.3 is 24.1 Å². The quantitative estimate of drug-likeness (QED) is 0.785. The third-order valence-corrected chi connectivity index (χ3v) is 3.52. The highest BCUT2D eigenvalue weighted by Gasteiger charge is 2.55. The number of carbonyl (C=O) groups is 1. The number of methoxy groups -OCH3 is 2. The van der Waals surface area contributed by atoms with E-state index in [4.69, 9.17) is 18.9 Å². The van der Waals surface area contributed by atoms with Crippen LogP contribution in [0, 0.1) is 0 Å². The lowest BCUT2D eigenvalue weighted by atomic mass is 9.98.